The van der Waals surface area contributed by atoms with Crippen molar-refractivity contribution in [2.45, 2.75) is 26.9 Å². The summed E-state index contributed by atoms with van der Waals surface area (Å²) < 4.78 is 0. The monoisotopic (exact) mass is 199 g/mol. The highest BCUT2D eigenvalue weighted by Crippen LogP contribution is 2.16. The molecule has 0 bridgehead atoms. The molecule has 72 valence electrons. The maximum atomic E-state index is 11.5. The zero-order valence-corrected chi connectivity index (χ0v) is 8.60. The summed E-state index contributed by atoms with van der Waals surface area (Å²) in [6.07, 6.45) is 2.08. The zero-order chi connectivity index (χ0) is 9.84. The first-order valence-corrected chi connectivity index (χ1v) is 5.04. The standard InChI is InChI=1S/C9H13NO2S/c1-6(2)3-8(12)9-10-4-7(5-11)13-9/h4,6,11H,3,5H2,1-2H3. The van der Waals surface area contributed by atoms with Gasteiger partial charge in [0.15, 0.2) is 10.8 Å². The van der Waals surface area contributed by atoms with E-state index in [4.69, 9.17) is 5.11 Å². The highest BCUT2D eigenvalue weighted by Gasteiger charge is 2.12. The molecule has 1 rings (SSSR count). The Morgan fingerprint density at radius 2 is 2.38 bits per heavy atom. The van der Waals surface area contributed by atoms with Crippen LogP contribution in [0.15, 0.2) is 6.20 Å². The Hall–Kier alpha value is -0.740. The summed E-state index contributed by atoms with van der Waals surface area (Å²) in [6.45, 7) is 3.96. The van der Waals surface area contributed by atoms with Crippen LogP contribution in [0.2, 0.25) is 0 Å². The van der Waals surface area contributed by atoms with Crippen LogP contribution in [0.1, 0.15) is 34.9 Å². The number of ketones is 1. The molecule has 0 atom stereocenters. The minimum atomic E-state index is -0.0351. The van der Waals surface area contributed by atoms with Crippen LogP contribution in [0.3, 0.4) is 0 Å². The number of carbonyl (C=O) groups is 1. The minimum Gasteiger partial charge on any atom is -0.391 e. The van der Waals surface area contributed by atoms with Crippen molar-refractivity contribution in [2.24, 2.45) is 5.92 Å². The molecule has 0 spiro atoms. The smallest absolute Gasteiger partial charge is 0.191 e. The fourth-order valence-electron chi connectivity index (χ4n) is 0.968. The molecule has 0 saturated heterocycles. The van der Waals surface area contributed by atoms with Crippen molar-refractivity contribution >= 4 is 17.1 Å². The van der Waals surface area contributed by atoms with Gasteiger partial charge in [0.1, 0.15) is 0 Å². The summed E-state index contributed by atoms with van der Waals surface area (Å²) in [5, 5.41) is 9.29. The van der Waals surface area contributed by atoms with Gasteiger partial charge in [-0.05, 0) is 5.92 Å². The molecule has 0 radical (unpaired) electrons. The summed E-state index contributed by atoms with van der Waals surface area (Å²) >= 11 is 1.27. The largest absolute Gasteiger partial charge is 0.391 e. The van der Waals surface area contributed by atoms with E-state index in [1.165, 1.54) is 11.3 Å². The second kappa shape index (κ2) is 4.48. The van der Waals surface area contributed by atoms with Crippen molar-refractivity contribution < 1.29 is 9.90 Å². The number of carbonyl (C=O) groups excluding carboxylic acids is 1. The van der Waals surface area contributed by atoms with Gasteiger partial charge in [0.05, 0.1) is 11.5 Å². The van der Waals surface area contributed by atoms with E-state index in [0.717, 1.165) is 4.88 Å². The van der Waals surface area contributed by atoms with Crippen molar-refractivity contribution in [2.75, 3.05) is 0 Å². The molecule has 13 heavy (non-hydrogen) atoms. The Bertz CT molecular complexity index is 294. The van der Waals surface area contributed by atoms with Crippen LogP contribution < -0.4 is 0 Å². The van der Waals surface area contributed by atoms with E-state index in [1.54, 1.807) is 6.20 Å². The fourth-order valence-corrected chi connectivity index (χ4v) is 1.69. The van der Waals surface area contributed by atoms with Crippen LogP contribution in [0.4, 0.5) is 0 Å². The third-order valence-electron chi connectivity index (χ3n) is 1.54. The Morgan fingerprint density at radius 1 is 1.69 bits per heavy atom. The third-order valence-corrected chi connectivity index (χ3v) is 2.56. The van der Waals surface area contributed by atoms with Crippen molar-refractivity contribution in [3.8, 4) is 0 Å². The lowest BCUT2D eigenvalue weighted by Gasteiger charge is -1.99. The molecule has 3 nitrogen and oxygen atoms in total. The molecule has 0 aliphatic carbocycles. The lowest BCUT2D eigenvalue weighted by Crippen LogP contribution is -2.02. The molecule has 4 heteroatoms. The van der Waals surface area contributed by atoms with Crippen LogP contribution in [0, 0.1) is 5.92 Å². The fraction of sp³-hybridized carbons (Fsp3) is 0.556. The number of aliphatic hydroxyl groups is 1. The summed E-state index contributed by atoms with van der Waals surface area (Å²) in [4.78, 5) is 16.1. The normalized spacial score (nSPS) is 10.8. The van der Waals surface area contributed by atoms with E-state index in [0.29, 0.717) is 17.3 Å². The van der Waals surface area contributed by atoms with Crippen molar-refractivity contribution in [3.05, 3.63) is 16.1 Å². The molecular weight excluding hydrogens is 186 g/mol. The van der Waals surface area contributed by atoms with Crippen LogP contribution in [0.5, 0.6) is 0 Å². The zero-order valence-electron chi connectivity index (χ0n) is 7.78. The van der Waals surface area contributed by atoms with Gasteiger partial charge in [-0.3, -0.25) is 4.79 Å². The molecule has 1 aromatic heterocycles. The highest BCUT2D eigenvalue weighted by molar-refractivity contribution is 7.13. The lowest BCUT2D eigenvalue weighted by molar-refractivity contribution is 0.0967. The van der Waals surface area contributed by atoms with Gasteiger partial charge < -0.3 is 5.11 Å². The van der Waals surface area contributed by atoms with E-state index in [9.17, 15) is 4.79 Å². The van der Waals surface area contributed by atoms with E-state index >= 15 is 0 Å². The minimum absolute atomic E-state index is 0.0351. The first-order valence-electron chi connectivity index (χ1n) is 4.22. The Labute approximate surface area is 81.4 Å². The van der Waals surface area contributed by atoms with Crippen molar-refractivity contribution in [1.82, 2.24) is 4.98 Å². The van der Waals surface area contributed by atoms with Gasteiger partial charge in [0.25, 0.3) is 0 Å². The predicted octanol–water partition coefficient (Wildman–Crippen LogP) is 1.86. The quantitative estimate of drug-likeness (QED) is 0.753. The van der Waals surface area contributed by atoms with Crippen LogP contribution in [0.25, 0.3) is 0 Å². The predicted molar refractivity (Wildman–Crippen MR) is 51.8 cm³/mol. The molecule has 0 aliphatic rings. The van der Waals surface area contributed by atoms with Gasteiger partial charge >= 0.3 is 0 Å². The topological polar surface area (TPSA) is 50.2 Å². The number of aromatic nitrogens is 1. The molecule has 1 heterocycles. The maximum Gasteiger partial charge on any atom is 0.191 e. The van der Waals surface area contributed by atoms with E-state index in [2.05, 4.69) is 4.98 Å². The number of thiazole rings is 1. The van der Waals surface area contributed by atoms with Gasteiger partial charge in [-0.15, -0.1) is 11.3 Å². The second-order valence-electron chi connectivity index (χ2n) is 3.31. The third kappa shape index (κ3) is 2.90. The molecule has 1 N–H and O–H groups in total. The van der Waals surface area contributed by atoms with Gasteiger partial charge in [0, 0.05) is 12.6 Å². The number of aliphatic hydroxyl groups excluding tert-OH is 1. The molecule has 0 fully saturated rings. The van der Waals surface area contributed by atoms with Gasteiger partial charge in [-0.2, -0.15) is 0 Å². The van der Waals surface area contributed by atoms with Crippen LogP contribution in [-0.4, -0.2) is 15.9 Å². The average molecular weight is 199 g/mol. The Balaban J connectivity index is 2.66. The molecular formula is C9H13NO2S. The molecule has 0 amide bonds. The lowest BCUT2D eigenvalue weighted by atomic mass is 10.1. The van der Waals surface area contributed by atoms with Gasteiger partial charge in [-0.25, -0.2) is 4.98 Å². The van der Waals surface area contributed by atoms with Gasteiger partial charge in [0.2, 0.25) is 0 Å². The van der Waals surface area contributed by atoms with E-state index in [-0.39, 0.29) is 12.4 Å². The first kappa shape index (κ1) is 10.3. The molecule has 0 unspecified atom stereocenters. The van der Waals surface area contributed by atoms with Crippen LogP contribution in [-0.2, 0) is 6.61 Å². The van der Waals surface area contributed by atoms with Crippen molar-refractivity contribution in [3.63, 3.8) is 0 Å². The molecule has 1 aromatic rings. The summed E-state index contributed by atoms with van der Waals surface area (Å²) in [6, 6.07) is 0. The SMILES string of the molecule is CC(C)CC(=O)c1ncc(CO)s1. The molecule has 0 aliphatic heterocycles. The average Bonchev–Trinajstić information content (AvgIpc) is 2.50. The number of nitrogens with zero attached hydrogens (tertiary/aromatic N) is 1. The number of hydrogen-bond acceptors (Lipinski definition) is 4. The maximum absolute atomic E-state index is 11.5. The van der Waals surface area contributed by atoms with Gasteiger partial charge in [-0.1, -0.05) is 13.8 Å². The first-order chi connectivity index (χ1) is 6.13. The summed E-state index contributed by atoms with van der Waals surface area (Å²) in [7, 11) is 0. The summed E-state index contributed by atoms with van der Waals surface area (Å²) in [5.74, 6) is 0.425. The number of hydrogen-bond donors (Lipinski definition) is 1. The summed E-state index contributed by atoms with van der Waals surface area (Å²) in [5.41, 5.74) is 0. The van der Waals surface area contributed by atoms with Crippen LogP contribution >= 0.6 is 11.3 Å². The number of Topliss-reactive ketones (excluding diaryl/α,β-unsaturated/α-hetero) is 1. The molecule has 0 saturated carbocycles. The Morgan fingerprint density at radius 3 is 2.85 bits per heavy atom. The molecule has 0 aromatic carbocycles. The Kier molecular flexibility index (Phi) is 3.57. The number of rotatable bonds is 4. The van der Waals surface area contributed by atoms with Crippen molar-refractivity contribution in [1.29, 1.82) is 0 Å². The second-order valence-corrected chi connectivity index (χ2v) is 4.43. The van der Waals surface area contributed by atoms with E-state index < -0.39 is 0 Å². The van der Waals surface area contributed by atoms with E-state index in [1.807, 2.05) is 13.8 Å². The highest BCUT2D eigenvalue weighted by atomic mass is 32.1.